The fraction of sp³-hybridized carbons (Fsp3) is 0.385. The van der Waals surface area contributed by atoms with Gasteiger partial charge < -0.3 is 9.09 Å². The van der Waals surface area contributed by atoms with Crippen LogP contribution in [0.5, 0.6) is 0 Å². The number of hydrogen-bond acceptors (Lipinski definition) is 3. The molecule has 0 atom stereocenters. The highest BCUT2D eigenvalue weighted by Gasteiger charge is 2.15. The molecule has 0 aliphatic heterocycles. The van der Waals surface area contributed by atoms with E-state index >= 15 is 0 Å². The van der Waals surface area contributed by atoms with E-state index in [0.29, 0.717) is 12.1 Å². The van der Waals surface area contributed by atoms with Crippen LogP contribution in [0.3, 0.4) is 0 Å². The molecule has 2 aromatic heterocycles. The van der Waals surface area contributed by atoms with Crippen molar-refractivity contribution >= 4 is 17.4 Å². The number of carbonyl (C=O) groups excluding carboxylic acids is 1. The molecule has 0 N–H and O–H groups in total. The molecule has 2 rings (SSSR count). The van der Waals surface area contributed by atoms with Crippen molar-refractivity contribution in [3.63, 3.8) is 0 Å². The Kier molecular flexibility index (Phi) is 3.57. The number of hydrogen-bond donors (Lipinski definition) is 0. The lowest BCUT2D eigenvalue weighted by Gasteiger charge is -2.06. The number of rotatable bonds is 4. The Morgan fingerprint density at radius 2 is 2.11 bits per heavy atom. The quantitative estimate of drug-likeness (QED) is 0.631. The predicted molar refractivity (Wildman–Crippen MR) is 69.3 cm³/mol. The molecular weight excluding hydrogens is 252 g/mol. The lowest BCUT2D eigenvalue weighted by atomic mass is 10.2. The molecule has 18 heavy (non-hydrogen) atoms. The average Bonchev–Trinajstić information content (AvgIpc) is 2.87. The SMILES string of the molecule is Cc1cc(Cn2c(C)cc(C(=O)CCl)c2C)no1. The minimum atomic E-state index is -0.0487. The molecule has 0 aliphatic carbocycles. The molecule has 0 aliphatic rings. The van der Waals surface area contributed by atoms with Crippen LogP contribution in [-0.2, 0) is 6.54 Å². The molecule has 0 fully saturated rings. The summed E-state index contributed by atoms with van der Waals surface area (Å²) in [5.41, 5.74) is 3.46. The standard InChI is InChI=1S/C13H15ClN2O2/c1-8-4-12(13(17)6-14)10(3)16(8)7-11-5-9(2)18-15-11/h4-5H,6-7H2,1-3H3. The molecule has 0 bridgehead atoms. The van der Waals surface area contributed by atoms with Crippen molar-refractivity contribution < 1.29 is 9.32 Å². The maximum Gasteiger partial charge on any atom is 0.179 e. The summed E-state index contributed by atoms with van der Waals surface area (Å²) >= 11 is 5.60. The van der Waals surface area contributed by atoms with Gasteiger partial charge in [-0.15, -0.1) is 11.6 Å². The third kappa shape index (κ3) is 2.34. The first kappa shape index (κ1) is 12.9. The van der Waals surface area contributed by atoms with Crippen molar-refractivity contribution in [1.82, 2.24) is 9.72 Å². The van der Waals surface area contributed by atoms with E-state index in [1.165, 1.54) is 0 Å². The Balaban J connectivity index is 2.34. The fourth-order valence-electron chi connectivity index (χ4n) is 2.05. The lowest BCUT2D eigenvalue weighted by Crippen LogP contribution is -2.07. The third-order valence-corrected chi connectivity index (χ3v) is 3.24. The van der Waals surface area contributed by atoms with Gasteiger partial charge in [-0.25, -0.2) is 0 Å². The third-order valence-electron chi connectivity index (χ3n) is 2.99. The van der Waals surface area contributed by atoms with Crippen LogP contribution in [0.4, 0.5) is 0 Å². The first-order valence-corrected chi connectivity index (χ1v) is 6.24. The number of halogens is 1. The van der Waals surface area contributed by atoms with Gasteiger partial charge in [0, 0.05) is 23.0 Å². The first-order chi connectivity index (χ1) is 8.52. The molecule has 96 valence electrons. The Morgan fingerprint density at radius 3 is 2.67 bits per heavy atom. The smallest absolute Gasteiger partial charge is 0.179 e. The van der Waals surface area contributed by atoms with Crippen LogP contribution in [0.25, 0.3) is 0 Å². The zero-order valence-electron chi connectivity index (χ0n) is 10.7. The second kappa shape index (κ2) is 4.98. The van der Waals surface area contributed by atoms with Gasteiger partial charge in [-0.3, -0.25) is 4.79 Å². The second-order valence-corrected chi connectivity index (χ2v) is 4.62. The summed E-state index contributed by atoms with van der Waals surface area (Å²) in [6.07, 6.45) is 0. The van der Waals surface area contributed by atoms with Crippen molar-refractivity contribution in [3.05, 3.63) is 40.5 Å². The van der Waals surface area contributed by atoms with Crippen molar-refractivity contribution in [3.8, 4) is 0 Å². The first-order valence-electron chi connectivity index (χ1n) is 5.71. The summed E-state index contributed by atoms with van der Waals surface area (Å²) in [5, 5.41) is 3.96. The normalized spacial score (nSPS) is 10.9. The Morgan fingerprint density at radius 1 is 1.39 bits per heavy atom. The largest absolute Gasteiger partial charge is 0.361 e. The van der Waals surface area contributed by atoms with E-state index in [-0.39, 0.29) is 11.7 Å². The van der Waals surface area contributed by atoms with Gasteiger partial charge in [0.1, 0.15) is 11.5 Å². The number of aromatic nitrogens is 2. The van der Waals surface area contributed by atoms with Gasteiger partial charge in [0.15, 0.2) is 5.78 Å². The topological polar surface area (TPSA) is 48.0 Å². The zero-order valence-corrected chi connectivity index (χ0v) is 11.4. The van der Waals surface area contributed by atoms with Crippen LogP contribution in [-0.4, -0.2) is 21.4 Å². The van der Waals surface area contributed by atoms with Crippen LogP contribution in [0.15, 0.2) is 16.7 Å². The van der Waals surface area contributed by atoms with E-state index in [1.807, 2.05) is 37.5 Å². The Bertz CT molecular complexity index is 584. The predicted octanol–water partition coefficient (Wildman–Crippen LogP) is 2.87. The molecule has 0 spiro atoms. The van der Waals surface area contributed by atoms with Crippen LogP contribution in [0.1, 0.15) is 33.2 Å². The molecule has 0 saturated heterocycles. The van der Waals surface area contributed by atoms with E-state index in [9.17, 15) is 4.79 Å². The second-order valence-electron chi connectivity index (χ2n) is 4.36. The summed E-state index contributed by atoms with van der Waals surface area (Å²) in [6, 6.07) is 3.76. The van der Waals surface area contributed by atoms with Crippen LogP contribution >= 0.6 is 11.6 Å². The maximum absolute atomic E-state index is 11.7. The number of aryl methyl sites for hydroxylation is 2. The molecule has 5 heteroatoms. The highest BCUT2D eigenvalue weighted by Crippen LogP contribution is 2.18. The van der Waals surface area contributed by atoms with E-state index in [2.05, 4.69) is 5.16 Å². The van der Waals surface area contributed by atoms with Crippen LogP contribution in [0, 0.1) is 20.8 Å². The summed E-state index contributed by atoms with van der Waals surface area (Å²) in [7, 11) is 0. The molecule has 0 amide bonds. The van der Waals surface area contributed by atoms with Gasteiger partial charge in [-0.2, -0.15) is 0 Å². The van der Waals surface area contributed by atoms with E-state index in [4.69, 9.17) is 16.1 Å². The molecule has 2 heterocycles. The van der Waals surface area contributed by atoms with Gasteiger partial charge in [0.05, 0.1) is 12.4 Å². The van der Waals surface area contributed by atoms with Crippen molar-refractivity contribution in [1.29, 1.82) is 0 Å². The molecule has 0 unspecified atom stereocenters. The fourth-order valence-corrected chi connectivity index (χ4v) is 2.20. The maximum atomic E-state index is 11.7. The highest BCUT2D eigenvalue weighted by atomic mass is 35.5. The highest BCUT2D eigenvalue weighted by molar-refractivity contribution is 6.30. The van der Waals surface area contributed by atoms with Crippen LogP contribution in [0.2, 0.25) is 0 Å². The van der Waals surface area contributed by atoms with Gasteiger partial charge >= 0.3 is 0 Å². The number of alkyl halides is 1. The number of nitrogens with zero attached hydrogens (tertiary/aromatic N) is 2. The van der Waals surface area contributed by atoms with Gasteiger partial charge in [0.25, 0.3) is 0 Å². The number of carbonyl (C=O) groups is 1. The Hall–Kier alpha value is -1.55. The summed E-state index contributed by atoms with van der Waals surface area (Å²) in [5.74, 6) is 0.741. The minimum Gasteiger partial charge on any atom is -0.361 e. The van der Waals surface area contributed by atoms with Gasteiger partial charge in [0.2, 0.25) is 0 Å². The molecule has 2 aromatic rings. The van der Waals surface area contributed by atoms with E-state index < -0.39 is 0 Å². The summed E-state index contributed by atoms with van der Waals surface area (Å²) < 4.78 is 7.08. The molecule has 0 radical (unpaired) electrons. The average molecular weight is 267 g/mol. The van der Waals surface area contributed by atoms with Crippen LogP contribution < -0.4 is 0 Å². The van der Waals surface area contributed by atoms with E-state index in [0.717, 1.165) is 22.8 Å². The summed E-state index contributed by atoms with van der Waals surface area (Å²) in [4.78, 5) is 11.7. The monoisotopic (exact) mass is 266 g/mol. The molecule has 0 aromatic carbocycles. The van der Waals surface area contributed by atoms with Crippen molar-refractivity contribution in [2.24, 2.45) is 0 Å². The molecular formula is C13H15ClN2O2. The van der Waals surface area contributed by atoms with E-state index in [1.54, 1.807) is 0 Å². The Labute approximate surface area is 111 Å². The number of Topliss-reactive ketones (excluding diaryl/α,β-unsaturated/α-hetero) is 1. The molecule has 0 saturated carbocycles. The van der Waals surface area contributed by atoms with Gasteiger partial charge in [-0.05, 0) is 26.8 Å². The van der Waals surface area contributed by atoms with Gasteiger partial charge in [-0.1, -0.05) is 5.16 Å². The summed E-state index contributed by atoms with van der Waals surface area (Å²) in [6.45, 7) is 6.34. The number of ketones is 1. The minimum absolute atomic E-state index is 0.00730. The molecule has 4 nitrogen and oxygen atoms in total. The zero-order chi connectivity index (χ0) is 13.3. The lowest BCUT2D eigenvalue weighted by molar-refractivity contribution is 0.102. The van der Waals surface area contributed by atoms with Crippen molar-refractivity contribution in [2.45, 2.75) is 27.3 Å². The van der Waals surface area contributed by atoms with Crippen molar-refractivity contribution in [2.75, 3.05) is 5.88 Å².